The molecule has 4 nitrogen and oxygen atoms in total. The third-order valence-electron chi connectivity index (χ3n) is 2.85. The average Bonchev–Trinajstić information content (AvgIpc) is 2.28. The number of methoxy groups -OCH3 is 1. The van der Waals surface area contributed by atoms with E-state index >= 15 is 0 Å². The molecule has 4 heteroatoms. The Labute approximate surface area is 102 Å². The molecule has 1 aliphatic heterocycles. The molecule has 1 aromatic rings. The van der Waals surface area contributed by atoms with Crippen LogP contribution in [-0.2, 0) is 11.3 Å². The Hall–Kier alpha value is -1.10. The zero-order valence-electron chi connectivity index (χ0n) is 10.3. The first-order valence-electron chi connectivity index (χ1n) is 5.96. The predicted molar refractivity (Wildman–Crippen MR) is 67.1 cm³/mol. The molecule has 1 fully saturated rings. The van der Waals surface area contributed by atoms with Crippen LogP contribution in [0, 0.1) is 0 Å². The van der Waals surface area contributed by atoms with Crippen LogP contribution in [0.4, 0.5) is 0 Å². The van der Waals surface area contributed by atoms with Crippen LogP contribution in [0.1, 0.15) is 5.56 Å². The van der Waals surface area contributed by atoms with E-state index in [-0.39, 0.29) is 0 Å². The maximum Gasteiger partial charge on any atom is 0.119 e. The summed E-state index contributed by atoms with van der Waals surface area (Å²) in [5.74, 6) is 0.907. The highest BCUT2D eigenvalue weighted by molar-refractivity contribution is 5.28. The van der Waals surface area contributed by atoms with E-state index in [9.17, 15) is 0 Å². The maximum atomic E-state index is 5.75. The maximum absolute atomic E-state index is 5.75. The smallest absolute Gasteiger partial charge is 0.119 e. The first kappa shape index (κ1) is 12.4. The second-order valence-corrected chi connectivity index (χ2v) is 4.44. The van der Waals surface area contributed by atoms with Crippen molar-refractivity contribution in [2.45, 2.75) is 12.6 Å². The van der Waals surface area contributed by atoms with Crippen molar-refractivity contribution in [1.29, 1.82) is 0 Å². The molecule has 2 rings (SSSR count). The zero-order chi connectivity index (χ0) is 12.1. The van der Waals surface area contributed by atoms with Gasteiger partial charge in [-0.2, -0.15) is 0 Å². The molecule has 0 atom stereocenters. The molecule has 0 unspecified atom stereocenters. The lowest BCUT2D eigenvalue weighted by molar-refractivity contribution is 0.140. The fraction of sp³-hybridized carbons (Fsp3) is 0.538. The van der Waals surface area contributed by atoms with Gasteiger partial charge in [-0.25, -0.2) is 0 Å². The summed E-state index contributed by atoms with van der Waals surface area (Å²) in [6.07, 6.45) is 0. The molecular weight excluding hydrogens is 216 g/mol. The summed E-state index contributed by atoms with van der Waals surface area (Å²) in [5, 5.41) is 0. The molecule has 0 aromatic heterocycles. The van der Waals surface area contributed by atoms with Crippen LogP contribution in [0.25, 0.3) is 0 Å². The second kappa shape index (κ2) is 6.00. The van der Waals surface area contributed by atoms with Crippen LogP contribution in [0.2, 0.25) is 0 Å². The van der Waals surface area contributed by atoms with E-state index in [1.54, 1.807) is 7.11 Å². The van der Waals surface area contributed by atoms with Crippen LogP contribution in [0.15, 0.2) is 24.3 Å². The summed E-state index contributed by atoms with van der Waals surface area (Å²) in [7, 11) is 1.67. The minimum absolute atomic E-state index is 0.358. The SMILES string of the molecule is COCCOc1cccc(CN2CC(N)C2)c1. The number of rotatable bonds is 6. The molecule has 1 saturated heterocycles. The van der Waals surface area contributed by atoms with Crippen molar-refractivity contribution in [2.24, 2.45) is 5.73 Å². The van der Waals surface area contributed by atoms with E-state index in [4.69, 9.17) is 15.2 Å². The Morgan fingerprint density at radius 3 is 2.88 bits per heavy atom. The van der Waals surface area contributed by atoms with Gasteiger partial charge in [0.05, 0.1) is 6.61 Å². The van der Waals surface area contributed by atoms with Gasteiger partial charge < -0.3 is 15.2 Å². The van der Waals surface area contributed by atoms with Gasteiger partial charge in [-0.3, -0.25) is 4.90 Å². The van der Waals surface area contributed by atoms with Crippen molar-refractivity contribution >= 4 is 0 Å². The largest absolute Gasteiger partial charge is 0.491 e. The quantitative estimate of drug-likeness (QED) is 0.744. The number of hydrogen-bond donors (Lipinski definition) is 1. The zero-order valence-corrected chi connectivity index (χ0v) is 10.3. The van der Waals surface area contributed by atoms with Crippen molar-refractivity contribution in [3.8, 4) is 5.75 Å². The van der Waals surface area contributed by atoms with Gasteiger partial charge >= 0.3 is 0 Å². The average molecular weight is 236 g/mol. The summed E-state index contributed by atoms with van der Waals surface area (Å²) in [5.41, 5.74) is 7.02. The lowest BCUT2D eigenvalue weighted by Crippen LogP contribution is -2.54. The van der Waals surface area contributed by atoms with E-state index in [1.807, 2.05) is 12.1 Å². The molecular formula is C13H20N2O2. The van der Waals surface area contributed by atoms with E-state index < -0.39 is 0 Å². The molecule has 1 aromatic carbocycles. The van der Waals surface area contributed by atoms with Gasteiger partial charge in [0.2, 0.25) is 0 Å². The molecule has 0 radical (unpaired) electrons. The summed E-state index contributed by atoms with van der Waals surface area (Å²) >= 11 is 0. The molecule has 0 aliphatic carbocycles. The van der Waals surface area contributed by atoms with E-state index in [0.717, 1.165) is 25.4 Å². The second-order valence-electron chi connectivity index (χ2n) is 4.44. The molecule has 2 N–H and O–H groups in total. The minimum atomic E-state index is 0.358. The van der Waals surface area contributed by atoms with Crippen molar-refractivity contribution in [3.05, 3.63) is 29.8 Å². The van der Waals surface area contributed by atoms with Crippen LogP contribution < -0.4 is 10.5 Å². The first-order valence-corrected chi connectivity index (χ1v) is 5.96. The number of benzene rings is 1. The summed E-state index contributed by atoms with van der Waals surface area (Å²) in [4.78, 5) is 2.33. The van der Waals surface area contributed by atoms with E-state index in [1.165, 1.54) is 5.56 Å². The van der Waals surface area contributed by atoms with Crippen LogP contribution in [0.5, 0.6) is 5.75 Å². The van der Waals surface area contributed by atoms with E-state index in [0.29, 0.717) is 19.3 Å². The van der Waals surface area contributed by atoms with Gasteiger partial charge in [-0.15, -0.1) is 0 Å². The molecule has 1 aliphatic rings. The number of nitrogens with two attached hydrogens (primary N) is 1. The number of ether oxygens (including phenoxy) is 2. The molecule has 94 valence electrons. The molecule has 0 spiro atoms. The third kappa shape index (κ3) is 3.70. The number of likely N-dealkylation sites (tertiary alicyclic amines) is 1. The number of hydrogen-bond acceptors (Lipinski definition) is 4. The Balaban J connectivity index is 1.83. The summed E-state index contributed by atoms with van der Waals surface area (Å²) < 4.78 is 10.5. The predicted octanol–water partition coefficient (Wildman–Crippen LogP) is 0.855. The monoisotopic (exact) mass is 236 g/mol. The van der Waals surface area contributed by atoms with Gasteiger partial charge in [0.1, 0.15) is 12.4 Å². The Morgan fingerprint density at radius 2 is 2.18 bits per heavy atom. The normalized spacial score (nSPS) is 16.8. The topological polar surface area (TPSA) is 47.7 Å². The van der Waals surface area contributed by atoms with Crippen LogP contribution in [0.3, 0.4) is 0 Å². The minimum Gasteiger partial charge on any atom is -0.491 e. The summed E-state index contributed by atoms with van der Waals surface area (Å²) in [6, 6.07) is 8.56. The highest BCUT2D eigenvalue weighted by atomic mass is 16.5. The highest BCUT2D eigenvalue weighted by Crippen LogP contribution is 2.17. The lowest BCUT2D eigenvalue weighted by atomic mass is 10.1. The summed E-state index contributed by atoms with van der Waals surface area (Å²) in [6.45, 7) is 4.15. The van der Waals surface area contributed by atoms with Gasteiger partial charge in [0.25, 0.3) is 0 Å². The van der Waals surface area contributed by atoms with Gasteiger partial charge in [-0.05, 0) is 17.7 Å². The molecule has 0 bridgehead atoms. The third-order valence-corrected chi connectivity index (χ3v) is 2.85. The van der Waals surface area contributed by atoms with E-state index in [2.05, 4.69) is 17.0 Å². The first-order chi connectivity index (χ1) is 8.28. The Bertz CT molecular complexity index is 351. The fourth-order valence-electron chi connectivity index (χ4n) is 1.97. The molecule has 1 heterocycles. The van der Waals surface area contributed by atoms with Crippen molar-refractivity contribution in [3.63, 3.8) is 0 Å². The molecule has 17 heavy (non-hydrogen) atoms. The van der Waals surface area contributed by atoms with Gasteiger partial charge in [-0.1, -0.05) is 12.1 Å². The fourth-order valence-corrected chi connectivity index (χ4v) is 1.97. The Kier molecular flexibility index (Phi) is 4.36. The number of nitrogens with zero attached hydrogens (tertiary/aromatic N) is 1. The highest BCUT2D eigenvalue weighted by Gasteiger charge is 2.22. The van der Waals surface area contributed by atoms with Crippen molar-refractivity contribution < 1.29 is 9.47 Å². The van der Waals surface area contributed by atoms with Gasteiger partial charge in [0, 0.05) is 32.8 Å². The van der Waals surface area contributed by atoms with Gasteiger partial charge in [0.15, 0.2) is 0 Å². The molecule has 0 amide bonds. The molecule has 0 saturated carbocycles. The van der Waals surface area contributed by atoms with Crippen molar-refractivity contribution in [1.82, 2.24) is 4.90 Å². The van der Waals surface area contributed by atoms with Crippen LogP contribution >= 0.6 is 0 Å². The lowest BCUT2D eigenvalue weighted by Gasteiger charge is -2.36. The standard InChI is InChI=1S/C13H20N2O2/c1-16-5-6-17-13-4-2-3-11(7-13)8-15-9-12(14)10-15/h2-4,7,12H,5-6,8-10,14H2,1H3. The van der Waals surface area contributed by atoms with Crippen LogP contribution in [-0.4, -0.2) is 44.4 Å². The Morgan fingerprint density at radius 1 is 1.35 bits per heavy atom. The van der Waals surface area contributed by atoms with Crippen molar-refractivity contribution in [2.75, 3.05) is 33.4 Å².